The molecule has 9 nitrogen and oxygen atoms in total. The lowest BCUT2D eigenvalue weighted by molar-refractivity contribution is 0.0270. The molecule has 3 aromatic rings. The standard InChI is InChI=1S/C23H25FN6O3/c1-14-12-30-13-16(9-17(24)20(30)27-14)28-21(31)19-11-25-18(10-26-19)15-5-7-29(8-6-15)22(32)33-23(2,3)4/h5,9-13H,6-8H2,1-4H3,(H,28,31). The van der Waals surface area contributed by atoms with Crippen molar-refractivity contribution < 1.29 is 18.7 Å². The fraction of sp³-hybridized carbons (Fsp3) is 0.348. The molecular formula is C23H25FN6O3. The van der Waals surface area contributed by atoms with Gasteiger partial charge < -0.3 is 19.4 Å². The molecule has 4 heterocycles. The molecule has 0 radical (unpaired) electrons. The Morgan fingerprint density at radius 2 is 1.97 bits per heavy atom. The van der Waals surface area contributed by atoms with Crippen LogP contribution in [-0.2, 0) is 4.74 Å². The zero-order chi connectivity index (χ0) is 23.8. The maximum Gasteiger partial charge on any atom is 0.410 e. The fourth-order valence-electron chi connectivity index (χ4n) is 3.45. The first kappa shape index (κ1) is 22.4. The molecule has 1 aliphatic heterocycles. The number of amides is 2. The van der Waals surface area contributed by atoms with Gasteiger partial charge in [-0.05, 0) is 39.7 Å². The molecule has 0 fully saturated rings. The summed E-state index contributed by atoms with van der Waals surface area (Å²) >= 11 is 0. The molecule has 3 aromatic heterocycles. The highest BCUT2D eigenvalue weighted by Crippen LogP contribution is 2.22. The van der Waals surface area contributed by atoms with Gasteiger partial charge in [0.25, 0.3) is 5.91 Å². The van der Waals surface area contributed by atoms with Gasteiger partial charge in [0.15, 0.2) is 11.5 Å². The highest BCUT2D eigenvalue weighted by Gasteiger charge is 2.24. The van der Waals surface area contributed by atoms with E-state index in [2.05, 4.69) is 20.3 Å². The number of pyridine rings is 1. The number of ether oxygens (including phenoxy) is 1. The molecule has 33 heavy (non-hydrogen) atoms. The second-order valence-electron chi connectivity index (χ2n) is 8.84. The maximum atomic E-state index is 14.2. The van der Waals surface area contributed by atoms with E-state index < -0.39 is 17.3 Å². The third kappa shape index (κ3) is 5.16. The van der Waals surface area contributed by atoms with Gasteiger partial charge in [0.05, 0.1) is 29.5 Å². The van der Waals surface area contributed by atoms with Crippen LogP contribution in [0.25, 0.3) is 11.2 Å². The summed E-state index contributed by atoms with van der Waals surface area (Å²) < 4.78 is 21.1. The smallest absolute Gasteiger partial charge is 0.410 e. The van der Waals surface area contributed by atoms with Crippen molar-refractivity contribution in [1.29, 1.82) is 0 Å². The van der Waals surface area contributed by atoms with Crippen LogP contribution in [0, 0.1) is 12.7 Å². The fourth-order valence-corrected chi connectivity index (χ4v) is 3.45. The zero-order valence-corrected chi connectivity index (χ0v) is 18.9. The summed E-state index contributed by atoms with van der Waals surface area (Å²) in [5.41, 5.74) is 2.29. The SMILES string of the molecule is Cc1cn2cc(NC(=O)c3cnc(C4=CCN(C(=O)OC(C)(C)C)CC4)cn3)cc(F)c2n1. The van der Waals surface area contributed by atoms with Gasteiger partial charge >= 0.3 is 6.09 Å². The average Bonchev–Trinajstić information content (AvgIpc) is 3.13. The molecule has 172 valence electrons. The normalized spacial score (nSPS) is 14.2. The van der Waals surface area contributed by atoms with Crippen molar-refractivity contribution in [2.75, 3.05) is 18.4 Å². The molecule has 0 unspecified atom stereocenters. The van der Waals surface area contributed by atoms with Crippen LogP contribution in [0.1, 0.15) is 49.1 Å². The Labute approximate surface area is 190 Å². The first-order valence-corrected chi connectivity index (χ1v) is 10.5. The van der Waals surface area contributed by atoms with E-state index in [4.69, 9.17) is 4.74 Å². The molecule has 0 spiro atoms. The molecule has 1 N–H and O–H groups in total. The number of anilines is 1. The lowest BCUT2D eigenvalue weighted by Crippen LogP contribution is -2.39. The number of carbonyl (C=O) groups is 2. The molecule has 0 saturated carbocycles. The summed E-state index contributed by atoms with van der Waals surface area (Å²) in [6, 6.07) is 1.21. The van der Waals surface area contributed by atoms with Crippen molar-refractivity contribution >= 4 is 28.9 Å². The Kier molecular flexibility index (Phi) is 5.84. The van der Waals surface area contributed by atoms with Crippen LogP contribution in [0.15, 0.2) is 36.9 Å². The minimum Gasteiger partial charge on any atom is -0.444 e. The summed E-state index contributed by atoms with van der Waals surface area (Å²) in [7, 11) is 0. The summed E-state index contributed by atoms with van der Waals surface area (Å²) in [5.74, 6) is -1.04. The van der Waals surface area contributed by atoms with Crippen molar-refractivity contribution in [2.24, 2.45) is 0 Å². The quantitative estimate of drug-likeness (QED) is 0.648. The number of carbonyl (C=O) groups excluding carboxylic acids is 2. The summed E-state index contributed by atoms with van der Waals surface area (Å²) in [6.45, 7) is 8.17. The van der Waals surface area contributed by atoms with Crippen molar-refractivity contribution in [3.05, 3.63) is 59.8 Å². The Balaban J connectivity index is 1.41. The Bertz CT molecular complexity index is 1240. The molecule has 0 bridgehead atoms. The molecule has 10 heteroatoms. The number of aromatic nitrogens is 4. The van der Waals surface area contributed by atoms with Gasteiger partial charge in [-0.25, -0.2) is 19.2 Å². The minimum atomic E-state index is -0.543. The van der Waals surface area contributed by atoms with Gasteiger partial charge in [-0.2, -0.15) is 0 Å². The maximum absolute atomic E-state index is 14.2. The van der Waals surface area contributed by atoms with Crippen LogP contribution in [0.4, 0.5) is 14.9 Å². The van der Waals surface area contributed by atoms with E-state index in [0.29, 0.717) is 30.9 Å². The van der Waals surface area contributed by atoms with Gasteiger partial charge in [-0.3, -0.25) is 9.78 Å². The topological polar surface area (TPSA) is 102 Å². The third-order valence-corrected chi connectivity index (χ3v) is 4.96. The predicted molar refractivity (Wildman–Crippen MR) is 120 cm³/mol. The highest BCUT2D eigenvalue weighted by molar-refractivity contribution is 6.02. The summed E-state index contributed by atoms with van der Waals surface area (Å²) in [5, 5.41) is 2.63. The molecule has 0 aromatic carbocycles. The van der Waals surface area contributed by atoms with Crippen LogP contribution in [0.5, 0.6) is 0 Å². The molecular weight excluding hydrogens is 427 g/mol. The van der Waals surface area contributed by atoms with Crippen molar-refractivity contribution in [2.45, 2.75) is 39.7 Å². The lowest BCUT2D eigenvalue weighted by Gasteiger charge is -2.29. The summed E-state index contributed by atoms with van der Waals surface area (Å²) in [6.07, 6.45) is 8.31. The second kappa shape index (κ2) is 8.61. The third-order valence-electron chi connectivity index (χ3n) is 4.96. The van der Waals surface area contributed by atoms with E-state index in [-0.39, 0.29) is 23.1 Å². The van der Waals surface area contributed by atoms with E-state index in [9.17, 15) is 14.0 Å². The molecule has 1 aliphatic rings. The van der Waals surface area contributed by atoms with E-state index in [1.807, 2.05) is 26.8 Å². The number of fused-ring (bicyclic) bond motifs is 1. The van der Waals surface area contributed by atoms with Gasteiger partial charge in [-0.15, -0.1) is 0 Å². The largest absolute Gasteiger partial charge is 0.444 e. The van der Waals surface area contributed by atoms with Gasteiger partial charge in [0.2, 0.25) is 0 Å². The molecule has 4 rings (SSSR count). The number of imidazole rings is 1. The number of aryl methyl sites for hydroxylation is 1. The first-order chi connectivity index (χ1) is 15.6. The number of halogens is 1. The molecule has 0 aliphatic carbocycles. The van der Waals surface area contributed by atoms with Crippen LogP contribution in [-0.4, -0.2) is 54.9 Å². The van der Waals surface area contributed by atoms with E-state index in [1.165, 1.54) is 22.9 Å². The van der Waals surface area contributed by atoms with E-state index in [0.717, 1.165) is 5.57 Å². The number of nitrogens with one attached hydrogen (secondary N) is 1. The first-order valence-electron chi connectivity index (χ1n) is 10.5. The van der Waals surface area contributed by atoms with Crippen molar-refractivity contribution in [3.8, 4) is 0 Å². The van der Waals surface area contributed by atoms with Crippen molar-refractivity contribution in [3.63, 3.8) is 0 Å². The Morgan fingerprint density at radius 3 is 2.61 bits per heavy atom. The number of hydrogen-bond acceptors (Lipinski definition) is 6. The second-order valence-corrected chi connectivity index (χ2v) is 8.84. The zero-order valence-electron chi connectivity index (χ0n) is 18.9. The minimum absolute atomic E-state index is 0.104. The molecule has 2 amide bonds. The number of nitrogens with zero attached hydrogens (tertiary/aromatic N) is 5. The number of rotatable bonds is 3. The van der Waals surface area contributed by atoms with Gasteiger partial charge in [0.1, 0.15) is 11.3 Å². The average molecular weight is 452 g/mol. The van der Waals surface area contributed by atoms with Gasteiger partial charge in [-0.1, -0.05) is 6.08 Å². The highest BCUT2D eigenvalue weighted by atomic mass is 19.1. The van der Waals surface area contributed by atoms with Crippen LogP contribution in [0.2, 0.25) is 0 Å². The lowest BCUT2D eigenvalue weighted by atomic mass is 10.1. The van der Waals surface area contributed by atoms with E-state index >= 15 is 0 Å². The number of hydrogen-bond donors (Lipinski definition) is 1. The summed E-state index contributed by atoms with van der Waals surface area (Å²) in [4.78, 5) is 39.0. The molecule has 0 atom stereocenters. The molecule has 0 saturated heterocycles. The monoisotopic (exact) mass is 452 g/mol. The van der Waals surface area contributed by atoms with E-state index in [1.54, 1.807) is 24.2 Å². The van der Waals surface area contributed by atoms with Crippen LogP contribution in [0.3, 0.4) is 0 Å². The van der Waals surface area contributed by atoms with Crippen LogP contribution >= 0.6 is 0 Å². The van der Waals surface area contributed by atoms with Crippen LogP contribution < -0.4 is 5.32 Å². The van der Waals surface area contributed by atoms with Crippen molar-refractivity contribution in [1.82, 2.24) is 24.3 Å². The Morgan fingerprint density at radius 1 is 1.18 bits per heavy atom. The Hall–Kier alpha value is -3.82. The van der Waals surface area contributed by atoms with Gasteiger partial charge in [0, 0.05) is 31.5 Å². The predicted octanol–water partition coefficient (Wildman–Crippen LogP) is 3.85.